The fraction of sp³-hybridized carbons (Fsp3) is 0.750. The number of hydrogen-bond acceptors (Lipinski definition) is 5. The van der Waals surface area contributed by atoms with Gasteiger partial charge in [-0.2, -0.15) is 0 Å². The molecule has 0 aromatic heterocycles. The van der Waals surface area contributed by atoms with Crippen molar-refractivity contribution in [2.24, 2.45) is 5.73 Å². The molecule has 1 rings (SSSR count). The number of carboxylic acid groups (broad SMARTS) is 2. The molecule has 1 saturated heterocycles. The molecule has 0 saturated carbocycles. The molecule has 114 valence electrons. The number of nitrogens with zero attached hydrogens (tertiary/aromatic N) is 1. The van der Waals surface area contributed by atoms with Gasteiger partial charge in [0.05, 0.1) is 31.6 Å². The normalized spacial score (nSPS) is 17.8. The summed E-state index contributed by atoms with van der Waals surface area (Å²) in [5, 5.41) is 17.1. The van der Waals surface area contributed by atoms with Crippen molar-refractivity contribution in [1.82, 2.24) is 4.90 Å². The highest BCUT2D eigenvalue weighted by molar-refractivity contribution is 5.86. The van der Waals surface area contributed by atoms with Crippen LogP contribution in [0.4, 0.5) is 0 Å². The highest BCUT2D eigenvalue weighted by atomic mass is 16.5. The van der Waals surface area contributed by atoms with Crippen LogP contribution in [0.25, 0.3) is 0 Å². The number of nitrogens with two attached hydrogens (primary N) is 1. The van der Waals surface area contributed by atoms with Crippen molar-refractivity contribution in [2.45, 2.75) is 37.8 Å². The molecule has 1 fully saturated rings. The zero-order valence-corrected chi connectivity index (χ0v) is 11.2. The molecule has 0 spiro atoms. The van der Waals surface area contributed by atoms with E-state index in [1.54, 1.807) is 0 Å². The van der Waals surface area contributed by atoms with Gasteiger partial charge in [-0.05, 0) is 12.8 Å². The van der Waals surface area contributed by atoms with Gasteiger partial charge in [0, 0.05) is 13.1 Å². The number of piperidine rings is 1. The number of likely N-dealkylation sites (tertiary alicyclic amines) is 1. The van der Waals surface area contributed by atoms with E-state index in [4.69, 9.17) is 20.7 Å². The second-order valence-electron chi connectivity index (χ2n) is 4.74. The molecular weight excluding hydrogens is 268 g/mol. The number of carbonyl (C=O) groups excluding carboxylic acids is 1. The summed E-state index contributed by atoms with van der Waals surface area (Å²) in [4.78, 5) is 34.2. The minimum Gasteiger partial charge on any atom is -0.481 e. The van der Waals surface area contributed by atoms with E-state index in [2.05, 4.69) is 0 Å². The number of rotatable bonds is 7. The van der Waals surface area contributed by atoms with Crippen LogP contribution in [0.1, 0.15) is 25.7 Å². The molecule has 8 nitrogen and oxygen atoms in total. The van der Waals surface area contributed by atoms with Crippen molar-refractivity contribution in [3.8, 4) is 0 Å². The van der Waals surface area contributed by atoms with Crippen molar-refractivity contribution < 1.29 is 29.3 Å². The van der Waals surface area contributed by atoms with Gasteiger partial charge in [-0.15, -0.1) is 0 Å². The summed E-state index contributed by atoms with van der Waals surface area (Å²) in [5.41, 5.74) is 5.53. The molecule has 4 N–H and O–H groups in total. The highest BCUT2D eigenvalue weighted by Crippen LogP contribution is 2.15. The smallest absolute Gasteiger partial charge is 0.305 e. The first kappa shape index (κ1) is 16.4. The van der Waals surface area contributed by atoms with E-state index in [0.29, 0.717) is 25.9 Å². The molecular formula is C12H20N2O6. The molecule has 8 heteroatoms. The van der Waals surface area contributed by atoms with Gasteiger partial charge in [0.1, 0.15) is 0 Å². The Balaban J connectivity index is 2.29. The summed E-state index contributed by atoms with van der Waals surface area (Å²) >= 11 is 0. The maximum Gasteiger partial charge on any atom is 0.305 e. The van der Waals surface area contributed by atoms with E-state index in [1.807, 2.05) is 0 Å². The van der Waals surface area contributed by atoms with Crippen molar-refractivity contribution >= 4 is 17.8 Å². The van der Waals surface area contributed by atoms with E-state index < -0.39 is 18.0 Å². The van der Waals surface area contributed by atoms with E-state index in [1.165, 1.54) is 4.90 Å². The summed E-state index contributed by atoms with van der Waals surface area (Å²) in [6, 6.07) is -1.02. The van der Waals surface area contributed by atoms with Gasteiger partial charge in [-0.1, -0.05) is 0 Å². The fourth-order valence-corrected chi connectivity index (χ4v) is 2.07. The van der Waals surface area contributed by atoms with Crippen LogP contribution in [0.5, 0.6) is 0 Å². The van der Waals surface area contributed by atoms with Crippen LogP contribution in [0.3, 0.4) is 0 Å². The lowest BCUT2D eigenvalue weighted by Gasteiger charge is -2.33. The van der Waals surface area contributed by atoms with E-state index in [0.717, 1.165) is 0 Å². The molecule has 0 radical (unpaired) electrons. The average Bonchev–Trinajstić information content (AvgIpc) is 2.37. The van der Waals surface area contributed by atoms with Crippen LogP contribution in [0.15, 0.2) is 0 Å². The van der Waals surface area contributed by atoms with Crippen molar-refractivity contribution in [3.05, 3.63) is 0 Å². The first-order valence-electron chi connectivity index (χ1n) is 6.49. The monoisotopic (exact) mass is 288 g/mol. The molecule has 1 unspecified atom stereocenters. The van der Waals surface area contributed by atoms with Gasteiger partial charge in [0.25, 0.3) is 0 Å². The Hall–Kier alpha value is -1.67. The lowest BCUT2D eigenvalue weighted by Crippen LogP contribution is -2.49. The molecule has 0 aromatic carbocycles. The standard InChI is InChI=1S/C12H20N2O6/c13-9(7-11(17)18)12(19)14-4-1-8(2-5-14)20-6-3-10(15)16/h8-9H,1-7,13H2,(H,15,16)(H,17,18). The summed E-state index contributed by atoms with van der Waals surface area (Å²) in [7, 11) is 0. The topological polar surface area (TPSA) is 130 Å². The van der Waals surface area contributed by atoms with Crippen LogP contribution in [0, 0.1) is 0 Å². The minimum atomic E-state index is -1.10. The molecule has 0 aliphatic carbocycles. The van der Waals surface area contributed by atoms with E-state index in [9.17, 15) is 14.4 Å². The van der Waals surface area contributed by atoms with Gasteiger partial charge >= 0.3 is 11.9 Å². The van der Waals surface area contributed by atoms with Gasteiger partial charge in [0.2, 0.25) is 5.91 Å². The summed E-state index contributed by atoms with van der Waals surface area (Å²) in [6.07, 6.45) is 0.724. The van der Waals surface area contributed by atoms with Crippen molar-refractivity contribution in [1.29, 1.82) is 0 Å². The first-order valence-corrected chi connectivity index (χ1v) is 6.49. The highest BCUT2D eigenvalue weighted by Gasteiger charge is 2.27. The maximum absolute atomic E-state index is 11.9. The molecule has 1 heterocycles. The number of hydrogen-bond donors (Lipinski definition) is 3. The molecule has 1 aliphatic heterocycles. The van der Waals surface area contributed by atoms with Crippen molar-refractivity contribution in [2.75, 3.05) is 19.7 Å². The van der Waals surface area contributed by atoms with Gasteiger partial charge in [-0.25, -0.2) is 0 Å². The molecule has 1 amide bonds. The van der Waals surface area contributed by atoms with Crippen LogP contribution in [-0.2, 0) is 19.1 Å². The second kappa shape index (κ2) is 7.81. The number of aliphatic carboxylic acids is 2. The predicted octanol–water partition coefficient (Wildman–Crippen LogP) is -0.729. The SMILES string of the molecule is NC(CC(=O)O)C(=O)N1CCC(OCCC(=O)O)CC1. The van der Waals surface area contributed by atoms with E-state index in [-0.39, 0.29) is 31.5 Å². The number of amides is 1. The van der Waals surface area contributed by atoms with E-state index >= 15 is 0 Å². The maximum atomic E-state index is 11.9. The summed E-state index contributed by atoms with van der Waals surface area (Å²) in [5.74, 6) is -2.37. The number of carboxylic acids is 2. The molecule has 1 aliphatic rings. The largest absolute Gasteiger partial charge is 0.481 e. The molecule has 0 bridgehead atoms. The van der Waals surface area contributed by atoms with Gasteiger partial charge < -0.3 is 25.6 Å². The van der Waals surface area contributed by atoms with Crippen LogP contribution >= 0.6 is 0 Å². The Labute approximate surface area is 116 Å². The predicted molar refractivity (Wildman–Crippen MR) is 68.0 cm³/mol. The fourth-order valence-electron chi connectivity index (χ4n) is 2.07. The van der Waals surface area contributed by atoms with Crippen LogP contribution in [0.2, 0.25) is 0 Å². The summed E-state index contributed by atoms with van der Waals surface area (Å²) < 4.78 is 5.40. The van der Waals surface area contributed by atoms with Crippen LogP contribution < -0.4 is 5.73 Å². The minimum absolute atomic E-state index is 0.0391. The molecule has 0 aromatic rings. The van der Waals surface area contributed by atoms with Crippen molar-refractivity contribution in [3.63, 3.8) is 0 Å². The molecule has 1 atom stereocenters. The second-order valence-corrected chi connectivity index (χ2v) is 4.74. The zero-order chi connectivity index (χ0) is 15.1. The zero-order valence-electron chi connectivity index (χ0n) is 11.2. The lowest BCUT2D eigenvalue weighted by molar-refractivity contribution is -0.143. The third-order valence-corrected chi connectivity index (χ3v) is 3.13. The quantitative estimate of drug-likeness (QED) is 0.563. The third kappa shape index (κ3) is 5.54. The first-order chi connectivity index (χ1) is 9.40. The average molecular weight is 288 g/mol. The summed E-state index contributed by atoms with van der Waals surface area (Å²) in [6.45, 7) is 1.06. The lowest BCUT2D eigenvalue weighted by atomic mass is 10.1. The molecule has 20 heavy (non-hydrogen) atoms. The Morgan fingerprint density at radius 1 is 1.20 bits per heavy atom. The Morgan fingerprint density at radius 2 is 1.80 bits per heavy atom. The number of carbonyl (C=O) groups is 3. The number of ether oxygens (including phenoxy) is 1. The Bertz CT molecular complexity index is 365. The Morgan fingerprint density at radius 3 is 2.30 bits per heavy atom. The van der Waals surface area contributed by atoms with Crippen LogP contribution in [-0.4, -0.2) is 64.8 Å². The Kier molecular flexibility index (Phi) is 6.40. The third-order valence-electron chi connectivity index (χ3n) is 3.13. The van der Waals surface area contributed by atoms with Gasteiger partial charge in [0.15, 0.2) is 0 Å². The van der Waals surface area contributed by atoms with Gasteiger partial charge in [-0.3, -0.25) is 14.4 Å².